The van der Waals surface area contributed by atoms with Gasteiger partial charge in [0.15, 0.2) is 0 Å². The summed E-state index contributed by atoms with van der Waals surface area (Å²) >= 11 is 0. The minimum atomic E-state index is -1.15. The largest absolute Gasteiger partial charge is 0.495 e. The highest BCUT2D eigenvalue weighted by Gasteiger charge is 2.02. The molecule has 0 saturated carbocycles. The molecule has 6 heteroatoms. The summed E-state index contributed by atoms with van der Waals surface area (Å²) in [6.45, 7) is 0. The van der Waals surface area contributed by atoms with E-state index in [9.17, 15) is 4.79 Å². The SMILES string of the molecule is COc1cc(NN=CC(=O)O)ccc1C#N. The zero-order chi connectivity index (χ0) is 12.0. The summed E-state index contributed by atoms with van der Waals surface area (Å²) in [6.07, 6.45) is 0.727. The molecular formula is C10H9N3O3. The smallest absolute Gasteiger partial charge is 0.348 e. The molecule has 82 valence electrons. The van der Waals surface area contributed by atoms with Crippen molar-refractivity contribution in [1.82, 2.24) is 0 Å². The Morgan fingerprint density at radius 3 is 3.00 bits per heavy atom. The number of benzene rings is 1. The monoisotopic (exact) mass is 219 g/mol. The van der Waals surface area contributed by atoms with Crippen LogP contribution in [0.2, 0.25) is 0 Å². The maximum Gasteiger partial charge on any atom is 0.348 e. The van der Waals surface area contributed by atoms with E-state index < -0.39 is 5.97 Å². The molecule has 0 fully saturated rings. The van der Waals surface area contributed by atoms with Crippen LogP contribution in [0.5, 0.6) is 5.75 Å². The fraction of sp³-hybridized carbons (Fsp3) is 0.100. The van der Waals surface area contributed by atoms with Crippen molar-refractivity contribution in [2.45, 2.75) is 0 Å². The third-order valence-corrected chi connectivity index (χ3v) is 1.69. The maximum absolute atomic E-state index is 10.2. The normalized spacial score (nSPS) is 9.75. The molecule has 2 N–H and O–H groups in total. The number of methoxy groups -OCH3 is 1. The lowest BCUT2D eigenvalue weighted by atomic mass is 10.2. The van der Waals surface area contributed by atoms with Crippen LogP contribution >= 0.6 is 0 Å². The molecule has 0 amide bonds. The van der Waals surface area contributed by atoms with Gasteiger partial charge >= 0.3 is 5.97 Å². The summed E-state index contributed by atoms with van der Waals surface area (Å²) in [7, 11) is 1.44. The first kappa shape index (κ1) is 11.5. The zero-order valence-electron chi connectivity index (χ0n) is 8.47. The number of nitrogens with one attached hydrogen (secondary N) is 1. The average molecular weight is 219 g/mol. The van der Waals surface area contributed by atoms with Crippen molar-refractivity contribution in [2.24, 2.45) is 5.10 Å². The van der Waals surface area contributed by atoms with Crippen LogP contribution < -0.4 is 10.2 Å². The van der Waals surface area contributed by atoms with Gasteiger partial charge in [-0.05, 0) is 12.1 Å². The number of hydrogen-bond acceptors (Lipinski definition) is 5. The molecule has 1 rings (SSSR count). The number of carbonyl (C=O) groups is 1. The van der Waals surface area contributed by atoms with E-state index in [1.54, 1.807) is 18.2 Å². The molecule has 0 heterocycles. The first-order valence-electron chi connectivity index (χ1n) is 4.27. The van der Waals surface area contributed by atoms with Crippen LogP contribution in [-0.2, 0) is 4.79 Å². The van der Waals surface area contributed by atoms with Crippen molar-refractivity contribution in [3.63, 3.8) is 0 Å². The van der Waals surface area contributed by atoms with Crippen LogP contribution in [0.3, 0.4) is 0 Å². The highest BCUT2D eigenvalue weighted by atomic mass is 16.5. The highest BCUT2D eigenvalue weighted by Crippen LogP contribution is 2.22. The second-order valence-corrected chi connectivity index (χ2v) is 2.74. The number of nitrogens with zero attached hydrogens (tertiary/aromatic N) is 2. The molecule has 6 nitrogen and oxygen atoms in total. The van der Waals surface area contributed by atoms with Crippen molar-refractivity contribution < 1.29 is 14.6 Å². The first-order valence-corrected chi connectivity index (χ1v) is 4.27. The van der Waals surface area contributed by atoms with E-state index in [1.807, 2.05) is 6.07 Å². The van der Waals surface area contributed by atoms with Crippen LogP contribution in [0, 0.1) is 11.3 Å². The van der Waals surface area contributed by atoms with Gasteiger partial charge < -0.3 is 9.84 Å². The van der Waals surface area contributed by atoms with Crippen LogP contribution in [0.15, 0.2) is 23.3 Å². The summed E-state index contributed by atoms with van der Waals surface area (Å²) in [5.74, 6) is -0.744. The molecule has 0 radical (unpaired) electrons. The second-order valence-electron chi connectivity index (χ2n) is 2.74. The van der Waals surface area contributed by atoms with Gasteiger partial charge in [-0.25, -0.2) is 4.79 Å². The van der Waals surface area contributed by atoms with Crippen molar-refractivity contribution in [1.29, 1.82) is 5.26 Å². The quantitative estimate of drug-likeness (QED) is 0.583. The summed E-state index contributed by atoms with van der Waals surface area (Å²) in [6, 6.07) is 6.67. The number of aliphatic carboxylic acids is 1. The molecule has 0 unspecified atom stereocenters. The molecule has 0 aromatic heterocycles. The van der Waals surface area contributed by atoms with Crippen molar-refractivity contribution >= 4 is 17.9 Å². The Kier molecular flexibility index (Phi) is 3.86. The molecule has 0 spiro atoms. The van der Waals surface area contributed by atoms with Gasteiger partial charge in [-0.15, -0.1) is 0 Å². The number of anilines is 1. The van der Waals surface area contributed by atoms with E-state index in [0.29, 0.717) is 17.0 Å². The molecule has 0 aliphatic heterocycles. The minimum absolute atomic E-state index is 0.398. The minimum Gasteiger partial charge on any atom is -0.495 e. The molecule has 0 aliphatic rings. The lowest BCUT2D eigenvalue weighted by molar-refractivity contribution is -0.128. The van der Waals surface area contributed by atoms with Crippen molar-refractivity contribution in [3.8, 4) is 11.8 Å². The molecule has 0 atom stereocenters. The van der Waals surface area contributed by atoms with Gasteiger partial charge in [0.2, 0.25) is 0 Å². The molecule has 0 saturated heterocycles. The van der Waals surface area contributed by atoms with E-state index in [4.69, 9.17) is 15.1 Å². The average Bonchev–Trinajstić information content (AvgIpc) is 2.28. The summed E-state index contributed by atoms with van der Waals surface area (Å²) in [4.78, 5) is 10.2. The number of nitriles is 1. The third kappa shape index (κ3) is 2.99. The van der Waals surface area contributed by atoms with E-state index in [2.05, 4.69) is 10.5 Å². The third-order valence-electron chi connectivity index (χ3n) is 1.69. The van der Waals surface area contributed by atoms with Gasteiger partial charge in [0.05, 0.1) is 18.4 Å². The topological polar surface area (TPSA) is 94.7 Å². The summed E-state index contributed by atoms with van der Waals surface area (Å²) in [5, 5.41) is 20.5. The molecule has 1 aromatic rings. The van der Waals surface area contributed by atoms with Crippen LogP contribution in [-0.4, -0.2) is 24.4 Å². The first-order chi connectivity index (χ1) is 7.67. The number of carboxylic acids is 1. The fourth-order valence-electron chi connectivity index (χ4n) is 1.02. The second kappa shape index (κ2) is 5.36. The van der Waals surface area contributed by atoms with Crippen LogP contribution in [0.4, 0.5) is 5.69 Å². The molecule has 16 heavy (non-hydrogen) atoms. The van der Waals surface area contributed by atoms with Gasteiger partial charge in [0, 0.05) is 6.07 Å². The van der Waals surface area contributed by atoms with Crippen LogP contribution in [0.1, 0.15) is 5.56 Å². The zero-order valence-corrected chi connectivity index (χ0v) is 8.47. The van der Waals surface area contributed by atoms with Crippen molar-refractivity contribution in [2.75, 3.05) is 12.5 Å². The van der Waals surface area contributed by atoms with Gasteiger partial charge in [-0.3, -0.25) is 5.43 Å². The Bertz CT molecular complexity index is 463. The lowest BCUT2D eigenvalue weighted by Crippen LogP contribution is -1.99. The van der Waals surface area contributed by atoms with Crippen molar-refractivity contribution in [3.05, 3.63) is 23.8 Å². The van der Waals surface area contributed by atoms with Gasteiger partial charge in [-0.2, -0.15) is 10.4 Å². The van der Waals surface area contributed by atoms with Crippen LogP contribution in [0.25, 0.3) is 0 Å². The Morgan fingerprint density at radius 2 is 2.44 bits per heavy atom. The summed E-state index contributed by atoms with van der Waals surface area (Å²) in [5.41, 5.74) is 3.44. The number of rotatable bonds is 4. The van der Waals surface area contributed by atoms with Gasteiger partial charge in [-0.1, -0.05) is 0 Å². The highest BCUT2D eigenvalue weighted by molar-refractivity contribution is 6.22. The Balaban J connectivity index is 2.84. The number of hydrazone groups is 1. The van der Waals surface area contributed by atoms with E-state index in [-0.39, 0.29) is 0 Å². The molecular weight excluding hydrogens is 210 g/mol. The molecule has 0 bridgehead atoms. The van der Waals surface area contributed by atoms with E-state index in [1.165, 1.54) is 7.11 Å². The fourth-order valence-corrected chi connectivity index (χ4v) is 1.02. The predicted molar refractivity (Wildman–Crippen MR) is 57.5 cm³/mol. The number of carboxylic acid groups (broad SMARTS) is 1. The van der Waals surface area contributed by atoms with Gasteiger partial charge in [0.25, 0.3) is 0 Å². The predicted octanol–water partition coefficient (Wildman–Crippen LogP) is 1.05. The lowest BCUT2D eigenvalue weighted by Gasteiger charge is -2.05. The summed E-state index contributed by atoms with van der Waals surface area (Å²) < 4.78 is 4.97. The Labute approximate surface area is 91.8 Å². The number of hydrogen-bond donors (Lipinski definition) is 2. The van der Waals surface area contributed by atoms with E-state index in [0.717, 1.165) is 6.21 Å². The van der Waals surface area contributed by atoms with Gasteiger partial charge in [0.1, 0.15) is 18.0 Å². The standard InChI is InChI=1S/C10H9N3O3/c1-16-9-4-8(3-2-7(9)5-11)13-12-6-10(14)15/h2-4,6,13H,1H3,(H,14,15). The Hall–Kier alpha value is -2.55. The van der Waals surface area contributed by atoms with E-state index >= 15 is 0 Å². The number of ether oxygens (including phenoxy) is 1. The molecule has 0 aliphatic carbocycles. The maximum atomic E-state index is 10.2. The Morgan fingerprint density at radius 1 is 1.69 bits per heavy atom. The molecule has 1 aromatic carbocycles.